The van der Waals surface area contributed by atoms with Gasteiger partial charge in [-0.1, -0.05) is 0 Å². The number of amides is 1. The fraction of sp³-hybridized carbons (Fsp3) is 0.417. The third-order valence-corrected chi connectivity index (χ3v) is 2.87. The molecule has 1 aromatic carbocycles. The van der Waals surface area contributed by atoms with E-state index in [4.69, 9.17) is 16.2 Å². The van der Waals surface area contributed by atoms with E-state index in [-0.39, 0.29) is 0 Å². The predicted octanol–water partition coefficient (Wildman–Crippen LogP) is 0.594. The van der Waals surface area contributed by atoms with E-state index < -0.39 is 5.91 Å². The lowest BCUT2D eigenvalue weighted by Crippen LogP contribution is -2.27. The van der Waals surface area contributed by atoms with Crippen molar-refractivity contribution in [3.63, 3.8) is 0 Å². The first-order valence-corrected chi connectivity index (χ1v) is 5.70. The number of nitrogens with zero attached hydrogens (tertiary/aromatic N) is 1. The molecule has 5 heteroatoms. The third-order valence-electron chi connectivity index (χ3n) is 2.87. The van der Waals surface area contributed by atoms with E-state index in [1.54, 1.807) is 12.1 Å². The molecule has 1 saturated heterocycles. The molecular weight excluding hydrogens is 218 g/mol. The molecule has 1 fully saturated rings. The van der Waals surface area contributed by atoms with Crippen molar-refractivity contribution in [1.29, 1.82) is 0 Å². The van der Waals surface area contributed by atoms with Gasteiger partial charge in [-0.25, -0.2) is 0 Å². The normalized spacial score (nSPS) is 16.6. The second-order valence-electron chi connectivity index (χ2n) is 4.09. The molecule has 0 spiro atoms. The first-order valence-electron chi connectivity index (χ1n) is 5.70. The Morgan fingerprint density at radius 3 is 2.82 bits per heavy atom. The molecule has 1 aliphatic heterocycles. The molecule has 0 atom stereocenters. The van der Waals surface area contributed by atoms with E-state index in [1.165, 1.54) is 0 Å². The number of hydrogen-bond donors (Lipinski definition) is 2. The summed E-state index contributed by atoms with van der Waals surface area (Å²) in [6.45, 7) is 3.23. The molecule has 4 N–H and O–H groups in total. The molecule has 0 unspecified atom stereocenters. The van der Waals surface area contributed by atoms with Crippen molar-refractivity contribution in [2.24, 2.45) is 5.73 Å². The highest BCUT2D eigenvalue weighted by Crippen LogP contribution is 2.25. The van der Waals surface area contributed by atoms with Crippen LogP contribution in [-0.4, -0.2) is 32.2 Å². The van der Waals surface area contributed by atoms with E-state index in [0.29, 0.717) is 17.9 Å². The highest BCUT2D eigenvalue weighted by molar-refractivity contribution is 5.94. The Morgan fingerprint density at radius 1 is 1.29 bits per heavy atom. The van der Waals surface area contributed by atoms with Gasteiger partial charge in [-0.15, -0.1) is 0 Å². The number of carbonyl (C=O) groups excluding carboxylic acids is 1. The fourth-order valence-electron chi connectivity index (χ4n) is 1.98. The molecule has 1 aliphatic rings. The molecule has 2 rings (SSSR count). The zero-order chi connectivity index (χ0) is 12.3. The molecule has 0 aromatic heterocycles. The van der Waals surface area contributed by atoms with Gasteiger partial charge in [0, 0.05) is 25.3 Å². The number of anilines is 2. The Hall–Kier alpha value is -1.75. The van der Waals surface area contributed by atoms with Crippen LogP contribution >= 0.6 is 0 Å². The van der Waals surface area contributed by atoms with Crippen molar-refractivity contribution in [2.45, 2.75) is 6.42 Å². The smallest absolute Gasteiger partial charge is 0.248 e. The minimum absolute atomic E-state index is 0.442. The summed E-state index contributed by atoms with van der Waals surface area (Å²) in [5, 5.41) is 0. The van der Waals surface area contributed by atoms with Crippen molar-refractivity contribution in [1.82, 2.24) is 0 Å². The fourth-order valence-corrected chi connectivity index (χ4v) is 1.98. The van der Waals surface area contributed by atoms with Gasteiger partial charge >= 0.3 is 0 Å². The molecule has 5 nitrogen and oxygen atoms in total. The van der Waals surface area contributed by atoms with Gasteiger partial charge in [0.15, 0.2) is 0 Å². The van der Waals surface area contributed by atoms with Crippen LogP contribution in [0.3, 0.4) is 0 Å². The maximum absolute atomic E-state index is 11.0. The van der Waals surface area contributed by atoms with E-state index in [9.17, 15) is 4.79 Å². The van der Waals surface area contributed by atoms with Crippen molar-refractivity contribution in [3.05, 3.63) is 23.8 Å². The molecule has 0 bridgehead atoms. The summed E-state index contributed by atoms with van der Waals surface area (Å²) in [5.74, 6) is -0.456. The Morgan fingerprint density at radius 2 is 2.12 bits per heavy atom. The van der Waals surface area contributed by atoms with Crippen LogP contribution in [0.25, 0.3) is 0 Å². The lowest BCUT2D eigenvalue weighted by molar-refractivity contribution is 0.100. The Kier molecular flexibility index (Phi) is 3.49. The summed E-state index contributed by atoms with van der Waals surface area (Å²) < 4.78 is 5.39. The minimum Gasteiger partial charge on any atom is -0.397 e. The maximum Gasteiger partial charge on any atom is 0.248 e. The van der Waals surface area contributed by atoms with Gasteiger partial charge in [-0.3, -0.25) is 4.79 Å². The van der Waals surface area contributed by atoms with Crippen LogP contribution in [0.2, 0.25) is 0 Å². The Bertz CT molecular complexity index is 412. The number of nitrogens with two attached hydrogens (primary N) is 2. The number of nitrogen functional groups attached to an aromatic ring is 1. The Balaban J connectivity index is 2.22. The molecule has 1 amide bonds. The first kappa shape index (κ1) is 11.7. The van der Waals surface area contributed by atoms with Gasteiger partial charge in [-0.2, -0.15) is 0 Å². The summed E-state index contributed by atoms with van der Waals surface area (Å²) in [6.07, 6.45) is 0.983. The molecule has 0 aliphatic carbocycles. The van der Waals surface area contributed by atoms with Crippen LogP contribution in [-0.2, 0) is 4.74 Å². The highest BCUT2D eigenvalue weighted by atomic mass is 16.5. The summed E-state index contributed by atoms with van der Waals surface area (Å²) in [7, 11) is 0. The van der Waals surface area contributed by atoms with Gasteiger partial charge in [0.25, 0.3) is 0 Å². The first-order chi connectivity index (χ1) is 8.18. The zero-order valence-corrected chi connectivity index (χ0v) is 9.69. The monoisotopic (exact) mass is 235 g/mol. The predicted molar refractivity (Wildman–Crippen MR) is 67.0 cm³/mol. The second kappa shape index (κ2) is 5.05. The number of primary amides is 1. The van der Waals surface area contributed by atoms with E-state index >= 15 is 0 Å². The van der Waals surface area contributed by atoms with Crippen molar-refractivity contribution in [3.8, 4) is 0 Å². The van der Waals surface area contributed by atoms with Crippen molar-refractivity contribution in [2.75, 3.05) is 36.9 Å². The topological polar surface area (TPSA) is 81.6 Å². The van der Waals surface area contributed by atoms with E-state index in [2.05, 4.69) is 4.90 Å². The number of hydrogen-bond acceptors (Lipinski definition) is 4. The summed E-state index contributed by atoms with van der Waals surface area (Å²) in [4.78, 5) is 13.2. The molecule has 17 heavy (non-hydrogen) atoms. The molecule has 92 valence electrons. The largest absolute Gasteiger partial charge is 0.397 e. The Labute approximate surface area is 100 Å². The van der Waals surface area contributed by atoms with Gasteiger partial charge in [0.05, 0.1) is 18.0 Å². The maximum atomic E-state index is 11.0. The number of carbonyl (C=O) groups is 1. The summed E-state index contributed by atoms with van der Waals surface area (Å²) in [6, 6.07) is 5.18. The van der Waals surface area contributed by atoms with Crippen molar-refractivity contribution >= 4 is 17.3 Å². The summed E-state index contributed by atoms with van der Waals surface area (Å²) >= 11 is 0. The minimum atomic E-state index is -0.456. The van der Waals surface area contributed by atoms with Gasteiger partial charge in [0.1, 0.15) is 0 Å². The lowest BCUT2D eigenvalue weighted by Gasteiger charge is -2.23. The van der Waals surface area contributed by atoms with Crippen molar-refractivity contribution < 1.29 is 9.53 Å². The average Bonchev–Trinajstić information content (AvgIpc) is 2.57. The van der Waals surface area contributed by atoms with Crippen LogP contribution < -0.4 is 16.4 Å². The van der Waals surface area contributed by atoms with Crippen LogP contribution in [0.15, 0.2) is 18.2 Å². The molecule has 0 radical (unpaired) electrons. The lowest BCUT2D eigenvalue weighted by atomic mass is 10.1. The van der Waals surface area contributed by atoms with Crippen LogP contribution in [0.5, 0.6) is 0 Å². The van der Waals surface area contributed by atoms with Gasteiger partial charge in [-0.05, 0) is 24.6 Å². The van der Waals surface area contributed by atoms with Crippen LogP contribution in [0, 0.1) is 0 Å². The zero-order valence-electron chi connectivity index (χ0n) is 9.69. The quantitative estimate of drug-likeness (QED) is 0.735. The summed E-state index contributed by atoms with van der Waals surface area (Å²) in [5.41, 5.74) is 13.1. The van der Waals surface area contributed by atoms with Gasteiger partial charge < -0.3 is 21.1 Å². The standard InChI is InChI=1S/C12H17N3O2/c13-10-8-9(12(14)16)2-3-11(10)15-4-1-6-17-7-5-15/h2-3,8H,1,4-7,13H2,(H2,14,16). The van der Waals surface area contributed by atoms with Crippen LogP contribution in [0.4, 0.5) is 11.4 Å². The SMILES string of the molecule is NC(=O)c1ccc(N2CCCOCC2)c(N)c1. The van der Waals surface area contributed by atoms with Gasteiger partial charge in [0.2, 0.25) is 5.91 Å². The van der Waals surface area contributed by atoms with E-state index in [0.717, 1.165) is 31.8 Å². The van der Waals surface area contributed by atoms with E-state index in [1.807, 2.05) is 6.07 Å². The molecule has 1 heterocycles. The number of ether oxygens (including phenoxy) is 1. The highest BCUT2D eigenvalue weighted by Gasteiger charge is 2.13. The average molecular weight is 235 g/mol. The molecule has 1 aromatic rings. The molecule has 0 saturated carbocycles. The number of benzene rings is 1. The van der Waals surface area contributed by atoms with Crippen LogP contribution in [0.1, 0.15) is 16.8 Å². The third kappa shape index (κ3) is 2.68. The second-order valence-corrected chi connectivity index (χ2v) is 4.09. The molecular formula is C12H17N3O2. The number of rotatable bonds is 2.